The summed E-state index contributed by atoms with van der Waals surface area (Å²) >= 11 is 7.32. The third-order valence-corrected chi connectivity index (χ3v) is 5.22. The molecule has 0 saturated carbocycles. The minimum atomic E-state index is -3.71. The van der Waals surface area contributed by atoms with Crippen LogP contribution in [0.3, 0.4) is 0 Å². The Balaban J connectivity index is 1.88. The van der Waals surface area contributed by atoms with Gasteiger partial charge in [-0.3, -0.25) is 4.79 Å². The molecule has 1 heterocycles. The number of hydrogen-bond acceptors (Lipinski definition) is 4. The lowest BCUT2D eigenvalue weighted by molar-refractivity contribution is -0.116. The summed E-state index contributed by atoms with van der Waals surface area (Å²) in [5.41, 5.74) is 0.707. The number of carbonyl (C=O) groups excluding carboxylic acids is 1. The first-order chi connectivity index (χ1) is 9.99. The number of nitrogens with one attached hydrogen (secondary N) is 2. The molecule has 0 atom stereocenters. The van der Waals surface area contributed by atoms with Gasteiger partial charge in [-0.1, -0.05) is 23.7 Å². The number of halogens is 1. The molecule has 1 aromatic heterocycles. The van der Waals surface area contributed by atoms with Gasteiger partial charge in [-0.15, -0.1) is 0 Å². The Hall–Kier alpha value is -1.41. The summed E-state index contributed by atoms with van der Waals surface area (Å²) in [6.45, 7) is 0.00350. The van der Waals surface area contributed by atoms with Gasteiger partial charge in [-0.25, -0.2) is 13.1 Å². The molecule has 0 aliphatic carbocycles. The van der Waals surface area contributed by atoms with Crippen molar-refractivity contribution in [3.63, 3.8) is 0 Å². The zero-order valence-electron chi connectivity index (χ0n) is 10.9. The van der Waals surface area contributed by atoms with Gasteiger partial charge >= 0.3 is 0 Å². The van der Waals surface area contributed by atoms with Crippen molar-refractivity contribution in [2.75, 3.05) is 11.9 Å². The SMILES string of the molecule is O=C(CCNS(=O)(=O)c1ccccc1Cl)Nc1ccsc1. The van der Waals surface area contributed by atoms with Crippen LogP contribution >= 0.6 is 22.9 Å². The third-order valence-electron chi connectivity index (χ3n) is 2.58. The normalized spacial score (nSPS) is 11.3. The van der Waals surface area contributed by atoms with Crippen molar-refractivity contribution < 1.29 is 13.2 Å². The lowest BCUT2D eigenvalue weighted by Crippen LogP contribution is -2.28. The molecule has 5 nitrogen and oxygen atoms in total. The zero-order chi connectivity index (χ0) is 15.3. The van der Waals surface area contributed by atoms with E-state index in [0.717, 1.165) is 0 Å². The summed E-state index contributed by atoms with van der Waals surface area (Å²) < 4.78 is 26.4. The highest BCUT2D eigenvalue weighted by atomic mass is 35.5. The molecule has 1 amide bonds. The van der Waals surface area contributed by atoms with Gasteiger partial charge in [0.05, 0.1) is 10.7 Å². The van der Waals surface area contributed by atoms with Crippen LogP contribution in [0.1, 0.15) is 6.42 Å². The van der Waals surface area contributed by atoms with E-state index < -0.39 is 10.0 Å². The number of sulfonamides is 1. The molecule has 0 aliphatic rings. The lowest BCUT2D eigenvalue weighted by atomic mass is 10.4. The van der Waals surface area contributed by atoms with Crippen LogP contribution < -0.4 is 10.0 Å². The quantitative estimate of drug-likeness (QED) is 0.846. The van der Waals surface area contributed by atoms with E-state index in [-0.39, 0.29) is 28.8 Å². The summed E-state index contributed by atoms with van der Waals surface area (Å²) in [4.78, 5) is 11.6. The standard InChI is InChI=1S/C13H13ClN2O3S2/c14-11-3-1-2-4-12(11)21(18,19)15-7-5-13(17)16-10-6-8-20-9-10/h1-4,6,8-9,15H,5,7H2,(H,16,17). The average Bonchev–Trinajstić information content (AvgIpc) is 2.91. The van der Waals surface area contributed by atoms with Gasteiger partial charge in [-0.2, -0.15) is 11.3 Å². The molecule has 112 valence electrons. The molecule has 0 spiro atoms. The molecular weight excluding hydrogens is 332 g/mol. The molecule has 0 unspecified atom stereocenters. The Bertz CT molecular complexity index is 715. The monoisotopic (exact) mass is 344 g/mol. The Morgan fingerprint density at radius 3 is 2.67 bits per heavy atom. The van der Waals surface area contributed by atoms with Crippen molar-refractivity contribution in [2.24, 2.45) is 0 Å². The highest BCUT2D eigenvalue weighted by Crippen LogP contribution is 2.20. The van der Waals surface area contributed by atoms with Crippen LogP contribution in [-0.4, -0.2) is 20.9 Å². The predicted octanol–water partition coefficient (Wildman–Crippen LogP) is 2.71. The van der Waals surface area contributed by atoms with Crippen molar-refractivity contribution in [3.8, 4) is 0 Å². The van der Waals surface area contributed by atoms with Crippen molar-refractivity contribution in [3.05, 3.63) is 46.1 Å². The van der Waals surface area contributed by atoms with Crippen LogP contribution in [0.5, 0.6) is 0 Å². The van der Waals surface area contributed by atoms with Crippen LogP contribution in [0.2, 0.25) is 5.02 Å². The van der Waals surface area contributed by atoms with Crippen molar-refractivity contribution in [2.45, 2.75) is 11.3 Å². The molecule has 0 fully saturated rings. The third kappa shape index (κ3) is 4.53. The van der Waals surface area contributed by atoms with Gasteiger partial charge in [-0.05, 0) is 23.6 Å². The summed E-state index contributed by atoms with van der Waals surface area (Å²) in [6, 6.07) is 7.92. The molecule has 0 saturated heterocycles. The van der Waals surface area contributed by atoms with E-state index in [9.17, 15) is 13.2 Å². The number of thiophene rings is 1. The number of anilines is 1. The van der Waals surface area contributed by atoms with Gasteiger partial charge in [0.1, 0.15) is 4.90 Å². The Labute approximate surface area is 132 Å². The van der Waals surface area contributed by atoms with Gasteiger partial charge in [0.2, 0.25) is 15.9 Å². The van der Waals surface area contributed by atoms with Crippen LogP contribution in [-0.2, 0) is 14.8 Å². The van der Waals surface area contributed by atoms with E-state index in [2.05, 4.69) is 10.0 Å². The van der Waals surface area contributed by atoms with E-state index in [1.807, 2.05) is 5.38 Å². The maximum Gasteiger partial charge on any atom is 0.242 e. The van der Waals surface area contributed by atoms with E-state index in [4.69, 9.17) is 11.6 Å². The second kappa shape index (κ2) is 7.04. The molecular formula is C13H13ClN2O3S2. The van der Waals surface area contributed by atoms with Gasteiger partial charge in [0, 0.05) is 18.3 Å². The van der Waals surface area contributed by atoms with Crippen LogP contribution in [0.15, 0.2) is 46.0 Å². The Morgan fingerprint density at radius 2 is 2.00 bits per heavy atom. The fourth-order valence-corrected chi connectivity index (χ4v) is 3.74. The summed E-state index contributed by atoms with van der Waals surface area (Å²) in [6.07, 6.45) is 0.0412. The summed E-state index contributed by atoms with van der Waals surface area (Å²) in [7, 11) is -3.71. The molecule has 2 N–H and O–H groups in total. The highest BCUT2D eigenvalue weighted by molar-refractivity contribution is 7.89. The number of benzene rings is 1. The molecule has 1 aromatic carbocycles. The maximum atomic E-state index is 12.0. The first kappa shape index (κ1) is 16.0. The molecule has 0 radical (unpaired) electrons. The Kier molecular flexibility index (Phi) is 5.35. The minimum Gasteiger partial charge on any atom is -0.325 e. The van der Waals surface area contributed by atoms with Gasteiger partial charge in [0.15, 0.2) is 0 Å². The number of hydrogen-bond donors (Lipinski definition) is 2. The maximum absolute atomic E-state index is 12.0. The van der Waals surface area contributed by atoms with Crippen LogP contribution in [0, 0.1) is 0 Å². The number of carbonyl (C=O) groups is 1. The summed E-state index contributed by atoms with van der Waals surface area (Å²) in [5, 5.41) is 6.46. The molecule has 0 bridgehead atoms. The average molecular weight is 345 g/mol. The molecule has 2 aromatic rings. The van der Waals surface area contributed by atoms with Gasteiger partial charge in [0.25, 0.3) is 0 Å². The molecule has 2 rings (SSSR count). The van der Waals surface area contributed by atoms with E-state index in [1.54, 1.807) is 23.6 Å². The first-order valence-electron chi connectivity index (χ1n) is 6.05. The molecule has 0 aliphatic heterocycles. The molecule has 8 heteroatoms. The smallest absolute Gasteiger partial charge is 0.242 e. The highest BCUT2D eigenvalue weighted by Gasteiger charge is 2.17. The van der Waals surface area contributed by atoms with Crippen molar-refractivity contribution in [1.82, 2.24) is 4.72 Å². The Morgan fingerprint density at radius 1 is 1.24 bits per heavy atom. The van der Waals surface area contributed by atoms with E-state index in [1.165, 1.54) is 23.5 Å². The summed E-state index contributed by atoms with van der Waals surface area (Å²) in [5.74, 6) is -0.254. The van der Waals surface area contributed by atoms with Crippen LogP contribution in [0.25, 0.3) is 0 Å². The zero-order valence-corrected chi connectivity index (χ0v) is 13.3. The van der Waals surface area contributed by atoms with Crippen molar-refractivity contribution >= 4 is 44.6 Å². The topological polar surface area (TPSA) is 75.3 Å². The van der Waals surface area contributed by atoms with Crippen molar-refractivity contribution in [1.29, 1.82) is 0 Å². The largest absolute Gasteiger partial charge is 0.325 e. The lowest BCUT2D eigenvalue weighted by Gasteiger charge is -2.08. The fourth-order valence-electron chi connectivity index (χ4n) is 1.60. The second-order valence-corrected chi connectivity index (χ2v) is 7.06. The fraction of sp³-hybridized carbons (Fsp3) is 0.154. The second-order valence-electron chi connectivity index (χ2n) is 4.14. The van der Waals surface area contributed by atoms with Crippen LogP contribution in [0.4, 0.5) is 5.69 Å². The van der Waals surface area contributed by atoms with Gasteiger partial charge < -0.3 is 5.32 Å². The van der Waals surface area contributed by atoms with E-state index >= 15 is 0 Å². The molecule has 21 heavy (non-hydrogen) atoms. The van der Waals surface area contributed by atoms with E-state index in [0.29, 0.717) is 5.69 Å². The first-order valence-corrected chi connectivity index (χ1v) is 8.86. The predicted molar refractivity (Wildman–Crippen MR) is 84.2 cm³/mol. The minimum absolute atomic E-state index is 0.00350. The number of rotatable bonds is 6. The number of amides is 1.